The van der Waals surface area contributed by atoms with Crippen LogP contribution in [0, 0.1) is 31.8 Å². The van der Waals surface area contributed by atoms with E-state index in [-0.39, 0.29) is 36.0 Å². The van der Waals surface area contributed by atoms with Gasteiger partial charge in [-0.05, 0) is 149 Å². The molecule has 7 rings (SSSR count). The first kappa shape index (κ1) is 52.5. The van der Waals surface area contributed by atoms with E-state index in [0.29, 0.717) is 74.5 Å². The molecule has 0 unspecified atom stereocenters. The maximum absolute atomic E-state index is 14.1. The molecule has 3 aliphatic rings. The van der Waals surface area contributed by atoms with Crippen molar-refractivity contribution in [3.05, 3.63) is 106 Å². The standard InChI is InChI=1S/C55H69N7O6S2/c1-36-31-46(47(63)22-13-39-11-14-42(15-12-39)49-38(3)57-35-70-49)60(33-36)51(65)50(54(4,5)6)58-48(64)34-68-29-10-28-67-30-27-59-25-23-41(24-26-59)40-16-18-43(19-17-40)62-53(69)61(52(66)55(62,7)8)44-20-21-45(56-9)37(2)32-44/h11-12,14-21,32,35-36,41,46,50H,10,13,22-31,33-34H2,1-8H3,(H,58,64)/t36-,46+,50-/m1/s1. The summed E-state index contributed by atoms with van der Waals surface area (Å²) in [7, 11) is 0. The van der Waals surface area contributed by atoms with Gasteiger partial charge in [-0.15, -0.1) is 11.3 Å². The molecular formula is C55H69N7O6S2. The van der Waals surface area contributed by atoms with Crippen LogP contribution in [0.5, 0.6) is 0 Å². The molecule has 15 heteroatoms. The first-order valence-corrected chi connectivity index (χ1v) is 25.9. The fraction of sp³-hybridized carbons (Fsp3) is 0.509. The number of ketones is 1. The monoisotopic (exact) mass is 987 g/mol. The predicted octanol–water partition coefficient (Wildman–Crippen LogP) is 9.47. The van der Waals surface area contributed by atoms with Crippen molar-refractivity contribution in [2.75, 3.05) is 62.4 Å². The summed E-state index contributed by atoms with van der Waals surface area (Å²) >= 11 is 7.52. The molecule has 3 aliphatic heterocycles. The van der Waals surface area contributed by atoms with Crippen molar-refractivity contribution in [1.29, 1.82) is 0 Å². The maximum atomic E-state index is 14.1. The number of piperidine rings is 1. The van der Waals surface area contributed by atoms with Gasteiger partial charge in [-0.3, -0.25) is 24.1 Å². The maximum Gasteiger partial charge on any atom is 0.259 e. The Morgan fingerprint density at radius 1 is 0.971 bits per heavy atom. The molecule has 0 radical (unpaired) electrons. The molecule has 13 nitrogen and oxygen atoms in total. The van der Waals surface area contributed by atoms with Crippen molar-refractivity contribution in [1.82, 2.24) is 20.1 Å². The Morgan fingerprint density at radius 2 is 1.66 bits per heavy atom. The van der Waals surface area contributed by atoms with Gasteiger partial charge in [0.15, 0.2) is 16.6 Å². The minimum Gasteiger partial charge on any atom is -0.380 e. The van der Waals surface area contributed by atoms with E-state index in [1.54, 1.807) is 33.3 Å². The molecule has 372 valence electrons. The molecule has 3 fully saturated rings. The summed E-state index contributed by atoms with van der Waals surface area (Å²) in [5.74, 6) is -0.0259. The molecule has 0 bridgehead atoms. The zero-order valence-corrected chi connectivity index (χ0v) is 43.7. The third-order valence-electron chi connectivity index (χ3n) is 14.0. The number of anilines is 2. The van der Waals surface area contributed by atoms with Crippen molar-refractivity contribution >= 4 is 69.2 Å². The van der Waals surface area contributed by atoms with Gasteiger partial charge in [-0.2, -0.15) is 0 Å². The zero-order valence-electron chi connectivity index (χ0n) is 42.1. The normalized spacial score (nSPS) is 19.2. The van der Waals surface area contributed by atoms with Gasteiger partial charge in [0.05, 0.1) is 35.3 Å². The number of nitrogens with one attached hydrogen (secondary N) is 1. The summed E-state index contributed by atoms with van der Waals surface area (Å²) < 4.78 is 11.7. The van der Waals surface area contributed by atoms with Crippen molar-refractivity contribution in [3.63, 3.8) is 0 Å². The third-order valence-corrected chi connectivity index (χ3v) is 15.3. The largest absolute Gasteiger partial charge is 0.380 e. The SMILES string of the molecule is [C-]#[N+]c1ccc(N2C(=O)C(C)(C)N(c3ccc(C4CCN(CCOCCCOCC(=O)N[C@H](C(=O)N5C[C@H](C)C[C@H]5C(=O)CCc5ccc(-c6scnc6C)cc5)C(C)(C)C)CC4)cc3)C2=S)cc1C. The molecule has 3 atom stereocenters. The molecular weight excluding hydrogens is 919 g/mol. The van der Waals surface area contributed by atoms with Gasteiger partial charge in [0.2, 0.25) is 11.8 Å². The Hall–Kier alpha value is -5.37. The van der Waals surface area contributed by atoms with Crippen LogP contribution in [0.2, 0.25) is 0 Å². The Bertz CT molecular complexity index is 2560. The quantitative estimate of drug-likeness (QED) is 0.0552. The second-order valence-corrected chi connectivity index (χ2v) is 22.0. The Balaban J connectivity index is 0.784. The number of thiocarbonyl (C=S) groups is 1. The predicted molar refractivity (Wildman–Crippen MR) is 281 cm³/mol. The van der Waals surface area contributed by atoms with E-state index in [9.17, 15) is 19.2 Å². The van der Waals surface area contributed by atoms with E-state index in [2.05, 4.69) is 75.5 Å². The number of benzene rings is 3. The zero-order chi connectivity index (χ0) is 50.3. The molecule has 3 saturated heterocycles. The Kier molecular flexibility index (Phi) is 17.1. The number of carbonyl (C=O) groups excluding carboxylic acids is 4. The van der Waals surface area contributed by atoms with Crippen molar-refractivity contribution in [3.8, 4) is 10.4 Å². The Labute approximate surface area is 423 Å². The van der Waals surface area contributed by atoms with Crippen molar-refractivity contribution in [2.24, 2.45) is 11.3 Å². The minimum absolute atomic E-state index is 0.0496. The summed E-state index contributed by atoms with van der Waals surface area (Å²) in [6, 6.07) is 20.8. The molecule has 1 N–H and O–H groups in total. The number of ether oxygens (including phenoxy) is 2. The number of Topliss-reactive ketones (excluding diaryl/α,β-unsaturated/α-hetero) is 1. The lowest BCUT2D eigenvalue weighted by Gasteiger charge is -2.35. The van der Waals surface area contributed by atoms with E-state index in [0.717, 1.165) is 65.4 Å². The average molecular weight is 988 g/mol. The molecule has 0 aliphatic carbocycles. The second-order valence-electron chi connectivity index (χ2n) is 20.8. The molecule has 0 saturated carbocycles. The van der Waals surface area contributed by atoms with Crippen LogP contribution in [0.4, 0.5) is 17.1 Å². The molecule has 0 spiro atoms. The number of amides is 3. The number of carbonyl (C=O) groups is 4. The highest BCUT2D eigenvalue weighted by atomic mass is 32.1. The molecule has 1 aromatic heterocycles. The van der Waals surface area contributed by atoms with Crippen molar-refractivity contribution < 1.29 is 28.7 Å². The number of hydrogen-bond acceptors (Lipinski definition) is 10. The van der Waals surface area contributed by atoms with Gasteiger partial charge in [-0.25, -0.2) is 9.83 Å². The Morgan fingerprint density at radius 3 is 2.30 bits per heavy atom. The van der Waals surface area contributed by atoms with Crippen LogP contribution in [-0.4, -0.2) is 114 Å². The fourth-order valence-corrected chi connectivity index (χ4v) is 11.3. The van der Waals surface area contributed by atoms with Gasteiger partial charge >= 0.3 is 0 Å². The number of aryl methyl sites for hydroxylation is 3. The molecule has 3 amide bonds. The lowest BCUT2D eigenvalue weighted by atomic mass is 9.85. The fourth-order valence-electron chi connectivity index (χ4n) is 9.92. The van der Waals surface area contributed by atoms with Gasteiger partial charge < -0.3 is 29.5 Å². The van der Waals surface area contributed by atoms with Gasteiger partial charge in [0.1, 0.15) is 18.2 Å². The van der Waals surface area contributed by atoms with E-state index < -0.39 is 23.0 Å². The summed E-state index contributed by atoms with van der Waals surface area (Å²) in [6.07, 6.45) is 4.27. The topological polar surface area (TPSA) is 129 Å². The number of nitrogens with zero attached hydrogens (tertiary/aromatic N) is 6. The summed E-state index contributed by atoms with van der Waals surface area (Å²) in [5.41, 5.74) is 7.77. The van der Waals surface area contributed by atoms with Crippen LogP contribution in [0.3, 0.4) is 0 Å². The van der Waals surface area contributed by atoms with Crippen LogP contribution in [0.1, 0.15) is 102 Å². The highest BCUT2D eigenvalue weighted by molar-refractivity contribution is 7.81. The molecule has 4 aromatic rings. The van der Waals surface area contributed by atoms with Crippen LogP contribution < -0.4 is 15.1 Å². The van der Waals surface area contributed by atoms with E-state index >= 15 is 0 Å². The van der Waals surface area contributed by atoms with E-state index in [1.165, 1.54) is 5.56 Å². The minimum atomic E-state index is -0.873. The highest BCUT2D eigenvalue weighted by Crippen LogP contribution is 2.39. The van der Waals surface area contributed by atoms with E-state index in [4.69, 9.17) is 28.3 Å². The summed E-state index contributed by atoms with van der Waals surface area (Å²) in [4.78, 5) is 71.3. The number of hydrogen-bond donors (Lipinski definition) is 1. The summed E-state index contributed by atoms with van der Waals surface area (Å²) in [6.45, 7) is 27.5. The van der Waals surface area contributed by atoms with Crippen molar-refractivity contribution in [2.45, 2.75) is 117 Å². The molecule has 70 heavy (non-hydrogen) atoms. The third kappa shape index (κ3) is 12.2. The first-order valence-electron chi connectivity index (χ1n) is 24.6. The summed E-state index contributed by atoms with van der Waals surface area (Å²) in [5, 5.41) is 3.37. The van der Waals surface area contributed by atoms with Gasteiger partial charge in [0, 0.05) is 44.1 Å². The van der Waals surface area contributed by atoms with Crippen LogP contribution in [0.25, 0.3) is 15.3 Å². The number of rotatable bonds is 19. The number of thiazole rings is 1. The number of aromatic nitrogens is 1. The smallest absolute Gasteiger partial charge is 0.259 e. The van der Waals surface area contributed by atoms with Crippen LogP contribution in [0.15, 0.2) is 72.2 Å². The lowest BCUT2D eigenvalue weighted by molar-refractivity contribution is -0.144. The van der Waals surface area contributed by atoms with Crippen LogP contribution >= 0.6 is 23.6 Å². The van der Waals surface area contributed by atoms with Gasteiger partial charge in [0.25, 0.3) is 5.91 Å². The molecule has 4 heterocycles. The lowest BCUT2D eigenvalue weighted by Crippen LogP contribution is -2.57. The molecule has 3 aromatic carbocycles. The van der Waals surface area contributed by atoms with Crippen LogP contribution in [-0.2, 0) is 35.1 Å². The second kappa shape index (κ2) is 22.8. The average Bonchev–Trinajstić information content (AvgIpc) is 4.00. The first-order chi connectivity index (χ1) is 33.4. The van der Waals surface area contributed by atoms with Gasteiger partial charge in [-0.1, -0.05) is 70.2 Å². The number of likely N-dealkylation sites (tertiary alicyclic amines) is 2. The van der Waals surface area contributed by atoms with E-state index in [1.807, 2.05) is 64.9 Å². The highest BCUT2D eigenvalue weighted by Gasteiger charge is 2.50.